The summed E-state index contributed by atoms with van der Waals surface area (Å²) in [5.41, 5.74) is 0. The normalized spacial score (nSPS) is 15.9. The lowest BCUT2D eigenvalue weighted by atomic mass is 10.3. The lowest BCUT2D eigenvalue weighted by Gasteiger charge is -2.07. The molecule has 0 aromatic rings. The fourth-order valence-corrected chi connectivity index (χ4v) is 0.234. The number of hydrogen-bond donors (Lipinski definition) is 3. The van der Waals surface area contributed by atoms with Crippen LogP contribution in [0.2, 0.25) is 0 Å². The highest BCUT2D eigenvalue weighted by molar-refractivity contribution is 5.33. The van der Waals surface area contributed by atoms with Crippen LogP contribution in [-0.2, 0) is 4.79 Å². The van der Waals surface area contributed by atoms with E-state index in [-0.39, 0.29) is 0 Å². The van der Waals surface area contributed by atoms with Crippen molar-refractivity contribution in [3.8, 4) is 0 Å². The van der Waals surface area contributed by atoms with Gasteiger partial charge in [0.15, 0.2) is 6.23 Å². The zero-order valence-corrected chi connectivity index (χ0v) is 4.56. The van der Waals surface area contributed by atoms with E-state index in [0.717, 1.165) is 6.08 Å². The van der Waals surface area contributed by atoms with Gasteiger partial charge in [0.05, 0.1) is 6.61 Å². The summed E-state index contributed by atoms with van der Waals surface area (Å²) in [6.07, 6.45) is -1.92. The molecule has 0 amide bonds. The van der Waals surface area contributed by atoms with Crippen LogP contribution in [0.1, 0.15) is 0 Å². The summed E-state index contributed by atoms with van der Waals surface area (Å²) < 4.78 is 0. The van der Waals surface area contributed by atoms with Crippen molar-refractivity contribution in [2.75, 3.05) is 6.61 Å². The first-order valence-electron chi connectivity index (χ1n) is 2.26. The number of rotatable bonds is 3. The average molecular weight is 133 g/mol. The van der Waals surface area contributed by atoms with Crippen molar-refractivity contribution in [1.29, 1.82) is 0 Å². The number of carbonyl (C=O) groups excluding carboxylic acids is 1. The number of nitrogens with zero attached hydrogens (tertiary/aromatic N) is 1. The maximum absolute atomic E-state index is 9.39. The monoisotopic (exact) mass is 133 g/mol. The van der Waals surface area contributed by atoms with E-state index in [4.69, 9.17) is 15.3 Å². The molecule has 0 heterocycles. The zero-order chi connectivity index (χ0) is 7.28. The molecule has 5 nitrogen and oxygen atoms in total. The maximum Gasteiger partial charge on any atom is 0.237 e. The third-order valence-corrected chi connectivity index (χ3v) is 0.716. The van der Waals surface area contributed by atoms with E-state index < -0.39 is 18.9 Å². The third kappa shape index (κ3) is 2.94. The Morgan fingerprint density at radius 3 is 2.44 bits per heavy atom. The summed E-state index contributed by atoms with van der Waals surface area (Å²) in [6.45, 7) is -0.633. The Morgan fingerprint density at radius 1 is 1.56 bits per heavy atom. The van der Waals surface area contributed by atoms with Gasteiger partial charge in [0.25, 0.3) is 0 Å². The smallest absolute Gasteiger partial charge is 0.237 e. The molecule has 0 fully saturated rings. The lowest BCUT2D eigenvalue weighted by Crippen LogP contribution is -2.27. The summed E-state index contributed by atoms with van der Waals surface area (Å²) in [5.74, 6) is 0. The fourth-order valence-electron chi connectivity index (χ4n) is 0.234. The fraction of sp³-hybridized carbons (Fsp3) is 0.750. The summed E-state index contributed by atoms with van der Waals surface area (Å²) >= 11 is 0. The van der Waals surface area contributed by atoms with Gasteiger partial charge in [-0.2, -0.15) is 4.99 Å². The maximum atomic E-state index is 9.39. The molecular weight excluding hydrogens is 126 g/mol. The van der Waals surface area contributed by atoms with Gasteiger partial charge < -0.3 is 15.3 Å². The Hall–Kier alpha value is -0.740. The molecule has 9 heavy (non-hydrogen) atoms. The van der Waals surface area contributed by atoms with E-state index in [1.165, 1.54) is 0 Å². The standard InChI is InChI=1S/C4H7NO4/c6-1-3(8)4(9)5-2-7/h3-4,6,8-9H,1H2. The summed E-state index contributed by atoms with van der Waals surface area (Å²) in [6, 6.07) is 0. The zero-order valence-electron chi connectivity index (χ0n) is 4.56. The molecule has 0 rings (SSSR count). The molecule has 0 bridgehead atoms. The molecule has 0 aliphatic heterocycles. The summed E-state index contributed by atoms with van der Waals surface area (Å²) in [7, 11) is 0. The van der Waals surface area contributed by atoms with E-state index in [1.54, 1.807) is 0 Å². The molecule has 0 spiro atoms. The van der Waals surface area contributed by atoms with Gasteiger partial charge >= 0.3 is 0 Å². The van der Waals surface area contributed by atoms with Crippen LogP contribution >= 0.6 is 0 Å². The number of aliphatic hydroxyl groups is 3. The molecule has 0 aliphatic carbocycles. The molecule has 5 heteroatoms. The van der Waals surface area contributed by atoms with Gasteiger partial charge in [-0.25, -0.2) is 4.79 Å². The molecule has 0 aromatic heterocycles. The Kier molecular flexibility index (Phi) is 3.83. The van der Waals surface area contributed by atoms with Gasteiger partial charge in [-0.1, -0.05) is 0 Å². The van der Waals surface area contributed by atoms with Gasteiger partial charge in [0, 0.05) is 0 Å². The number of hydrogen-bond acceptors (Lipinski definition) is 5. The minimum absolute atomic E-state index is 0.633. The summed E-state index contributed by atoms with van der Waals surface area (Å²) in [5, 5.41) is 25.1. The van der Waals surface area contributed by atoms with Crippen LogP contribution in [0.25, 0.3) is 0 Å². The van der Waals surface area contributed by atoms with Gasteiger partial charge in [-0.05, 0) is 0 Å². The van der Waals surface area contributed by atoms with E-state index in [2.05, 4.69) is 4.99 Å². The molecule has 0 saturated carbocycles. The van der Waals surface area contributed by atoms with Crippen molar-refractivity contribution in [3.05, 3.63) is 0 Å². The first-order valence-corrected chi connectivity index (χ1v) is 2.26. The quantitative estimate of drug-likeness (QED) is 0.306. The van der Waals surface area contributed by atoms with Crippen LogP contribution in [0.4, 0.5) is 0 Å². The minimum Gasteiger partial charge on any atom is -0.393 e. The molecule has 0 aromatic carbocycles. The molecule has 0 radical (unpaired) electrons. The largest absolute Gasteiger partial charge is 0.393 e. The second-order valence-electron chi connectivity index (χ2n) is 1.38. The van der Waals surface area contributed by atoms with Gasteiger partial charge in [0.1, 0.15) is 6.10 Å². The first kappa shape index (κ1) is 8.26. The topological polar surface area (TPSA) is 90.1 Å². The van der Waals surface area contributed by atoms with Crippen LogP contribution in [0.5, 0.6) is 0 Å². The van der Waals surface area contributed by atoms with E-state index >= 15 is 0 Å². The van der Waals surface area contributed by atoms with E-state index in [1.807, 2.05) is 0 Å². The van der Waals surface area contributed by atoms with Crippen LogP contribution in [0, 0.1) is 0 Å². The van der Waals surface area contributed by atoms with Crippen molar-refractivity contribution < 1.29 is 20.1 Å². The molecule has 52 valence electrons. The van der Waals surface area contributed by atoms with Crippen LogP contribution < -0.4 is 0 Å². The Bertz CT molecular complexity index is 120. The Balaban J connectivity index is 3.71. The molecule has 2 unspecified atom stereocenters. The second-order valence-corrected chi connectivity index (χ2v) is 1.38. The molecule has 2 atom stereocenters. The van der Waals surface area contributed by atoms with Crippen LogP contribution in [0.15, 0.2) is 4.99 Å². The van der Waals surface area contributed by atoms with Crippen LogP contribution in [0.3, 0.4) is 0 Å². The van der Waals surface area contributed by atoms with Gasteiger partial charge in [-0.15, -0.1) is 0 Å². The van der Waals surface area contributed by atoms with Crippen LogP contribution in [-0.4, -0.2) is 40.3 Å². The van der Waals surface area contributed by atoms with Crippen molar-refractivity contribution in [3.63, 3.8) is 0 Å². The third-order valence-electron chi connectivity index (χ3n) is 0.716. The van der Waals surface area contributed by atoms with Crippen molar-refractivity contribution in [1.82, 2.24) is 0 Å². The number of isocyanates is 1. The second kappa shape index (κ2) is 4.17. The average Bonchev–Trinajstić information content (AvgIpc) is 1.87. The number of aliphatic hydroxyl groups excluding tert-OH is 3. The highest BCUT2D eigenvalue weighted by Gasteiger charge is 2.12. The van der Waals surface area contributed by atoms with Crippen molar-refractivity contribution in [2.45, 2.75) is 12.3 Å². The predicted octanol–water partition coefficient (Wildman–Crippen LogP) is -2.01. The Labute approximate surface area is 51.3 Å². The van der Waals surface area contributed by atoms with Crippen molar-refractivity contribution in [2.24, 2.45) is 4.99 Å². The first-order chi connectivity index (χ1) is 4.22. The van der Waals surface area contributed by atoms with E-state index in [0.29, 0.717) is 0 Å². The molecule has 0 saturated heterocycles. The highest BCUT2D eigenvalue weighted by atomic mass is 16.4. The van der Waals surface area contributed by atoms with E-state index in [9.17, 15) is 4.79 Å². The SMILES string of the molecule is O=C=NC(O)C(O)CO. The van der Waals surface area contributed by atoms with Gasteiger partial charge in [0.2, 0.25) is 6.08 Å². The molecule has 0 aliphatic rings. The predicted molar refractivity (Wildman–Crippen MR) is 27.2 cm³/mol. The Morgan fingerprint density at radius 2 is 2.11 bits per heavy atom. The lowest BCUT2D eigenvalue weighted by molar-refractivity contribution is -0.00895. The van der Waals surface area contributed by atoms with Gasteiger partial charge in [-0.3, -0.25) is 0 Å². The minimum atomic E-state index is -1.56. The van der Waals surface area contributed by atoms with Crippen molar-refractivity contribution >= 4 is 6.08 Å². The number of aliphatic imine (C=N–C) groups is 1. The molecular formula is C4H7NO4. The summed E-state index contributed by atoms with van der Waals surface area (Å²) in [4.78, 5) is 12.1. The highest BCUT2D eigenvalue weighted by Crippen LogP contribution is 1.90. The molecule has 3 N–H and O–H groups in total.